The first-order valence-corrected chi connectivity index (χ1v) is 8.92. The van der Waals surface area contributed by atoms with E-state index in [0.29, 0.717) is 23.8 Å². The monoisotopic (exact) mass is 370 g/mol. The Morgan fingerprint density at radius 2 is 2.08 bits per heavy atom. The molecule has 138 valence electrons. The largest absolute Gasteiger partial charge is 0.444 e. The summed E-state index contributed by atoms with van der Waals surface area (Å²) in [4.78, 5) is 15.9. The lowest BCUT2D eigenvalue weighted by Gasteiger charge is -2.44. The van der Waals surface area contributed by atoms with Gasteiger partial charge in [0.05, 0.1) is 12.1 Å². The summed E-state index contributed by atoms with van der Waals surface area (Å²) in [6.07, 6.45) is 0.393. The molecule has 0 N–H and O–H groups in total. The molecule has 2 aliphatic rings. The quantitative estimate of drug-likeness (QED) is 0.798. The molecule has 2 saturated heterocycles. The average Bonchev–Trinajstić information content (AvgIpc) is 2.87. The predicted molar refractivity (Wildman–Crippen MR) is 93.6 cm³/mol. The minimum Gasteiger partial charge on any atom is -0.444 e. The van der Waals surface area contributed by atoms with Crippen LogP contribution in [0, 0.1) is 0 Å². The van der Waals surface area contributed by atoms with Gasteiger partial charge < -0.3 is 9.64 Å². The smallest absolute Gasteiger partial charge is 0.410 e. The molecule has 1 aromatic rings. The van der Waals surface area contributed by atoms with Crippen molar-refractivity contribution in [1.29, 1.82) is 0 Å². The summed E-state index contributed by atoms with van der Waals surface area (Å²) < 4.78 is 20.7. The summed E-state index contributed by atoms with van der Waals surface area (Å²) in [6, 6.07) is 2.54. The highest BCUT2D eigenvalue weighted by Crippen LogP contribution is 2.40. The number of amides is 1. The zero-order valence-electron chi connectivity index (χ0n) is 14.9. The summed E-state index contributed by atoms with van der Waals surface area (Å²) in [5.41, 5.74) is -0.588. The third-order valence-corrected chi connectivity index (χ3v) is 5.08. The second-order valence-corrected chi connectivity index (χ2v) is 8.15. The average molecular weight is 371 g/mol. The van der Waals surface area contributed by atoms with E-state index >= 15 is 4.39 Å². The summed E-state index contributed by atoms with van der Waals surface area (Å²) in [6.45, 7) is 5.46. The van der Waals surface area contributed by atoms with Gasteiger partial charge in [-0.1, -0.05) is 11.6 Å². The van der Waals surface area contributed by atoms with E-state index in [4.69, 9.17) is 16.3 Å². The fraction of sp³-hybridized carbons (Fsp3) is 0.706. The Labute approximate surface area is 152 Å². The van der Waals surface area contributed by atoms with Gasteiger partial charge in [0, 0.05) is 13.1 Å². The van der Waals surface area contributed by atoms with Crippen LogP contribution in [0.4, 0.5) is 15.0 Å². The summed E-state index contributed by atoms with van der Waals surface area (Å²) in [5.74, 6) is 0.571. The fourth-order valence-electron chi connectivity index (χ4n) is 3.76. The Balaban J connectivity index is 1.76. The Hall–Kier alpha value is -1.63. The molecule has 0 spiro atoms. The molecule has 4 atom stereocenters. The lowest BCUT2D eigenvalue weighted by Crippen LogP contribution is -2.59. The topological polar surface area (TPSA) is 58.6 Å². The third-order valence-electron chi connectivity index (χ3n) is 4.88. The molecule has 0 radical (unpaired) electrons. The second kappa shape index (κ2) is 6.59. The molecule has 1 amide bonds. The molecular formula is C17H24ClFN4O2. The molecule has 1 aromatic heterocycles. The molecular weight excluding hydrogens is 347 g/mol. The predicted octanol–water partition coefficient (Wildman–Crippen LogP) is 3.44. The molecule has 3 heterocycles. The number of rotatable bonds is 2. The number of ether oxygens (including phenoxy) is 1. The van der Waals surface area contributed by atoms with Crippen LogP contribution in [0.5, 0.6) is 0 Å². The van der Waals surface area contributed by atoms with E-state index in [1.807, 2.05) is 20.8 Å². The molecule has 25 heavy (non-hydrogen) atoms. The van der Waals surface area contributed by atoms with Gasteiger partial charge in [-0.2, -0.15) is 0 Å². The Morgan fingerprint density at radius 3 is 2.68 bits per heavy atom. The normalized spacial score (nSPS) is 28.8. The van der Waals surface area contributed by atoms with Crippen molar-refractivity contribution < 1.29 is 13.9 Å². The highest BCUT2D eigenvalue weighted by molar-refractivity contribution is 6.29. The highest BCUT2D eigenvalue weighted by Gasteiger charge is 2.52. The molecule has 2 aliphatic heterocycles. The number of nitrogens with zero attached hydrogens (tertiary/aromatic N) is 4. The van der Waals surface area contributed by atoms with E-state index in [0.717, 1.165) is 6.42 Å². The number of piperidine rings is 1. The van der Waals surface area contributed by atoms with Crippen LogP contribution in [-0.4, -0.2) is 58.1 Å². The lowest BCUT2D eigenvalue weighted by atomic mass is 9.94. The van der Waals surface area contributed by atoms with Crippen LogP contribution in [0.15, 0.2) is 12.1 Å². The van der Waals surface area contributed by atoms with Gasteiger partial charge in [-0.05, 0) is 52.2 Å². The van der Waals surface area contributed by atoms with Crippen LogP contribution < -0.4 is 4.90 Å². The third kappa shape index (κ3) is 3.66. The van der Waals surface area contributed by atoms with Crippen molar-refractivity contribution in [1.82, 2.24) is 15.1 Å². The van der Waals surface area contributed by atoms with Crippen molar-refractivity contribution in [3.05, 3.63) is 17.3 Å². The van der Waals surface area contributed by atoms with Gasteiger partial charge in [0.2, 0.25) is 0 Å². The first-order valence-electron chi connectivity index (χ1n) is 8.55. The highest BCUT2D eigenvalue weighted by atomic mass is 35.5. The minimum atomic E-state index is -1.17. The number of fused-ring (bicyclic) bond motifs is 2. The Kier molecular flexibility index (Phi) is 4.79. The number of anilines is 1. The maximum atomic E-state index is 15.2. The lowest BCUT2D eigenvalue weighted by molar-refractivity contribution is -0.0104. The molecule has 8 heteroatoms. The molecule has 0 saturated carbocycles. The molecule has 6 nitrogen and oxygen atoms in total. The van der Waals surface area contributed by atoms with Crippen LogP contribution in [0.2, 0.25) is 5.15 Å². The maximum Gasteiger partial charge on any atom is 0.410 e. The van der Waals surface area contributed by atoms with Crippen molar-refractivity contribution in [3.63, 3.8) is 0 Å². The molecule has 2 fully saturated rings. The number of hydrogen-bond acceptors (Lipinski definition) is 5. The van der Waals surface area contributed by atoms with Gasteiger partial charge in [-0.3, -0.25) is 4.90 Å². The van der Waals surface area contributed by atoms with Crippen molar-refractivity contribution >= 4 is 23.5 Å². The summed E-state index contributed by atoms with van der Waals surface area (Å²) in [5, 5.41) is 8.16. The van der Waals surface area contributed by atoms with Crippen molar-refractivity contribution in [2.24, 2.45) is 0 Å². The summed E-state index contributed by atoms with van der Waals surface area (Å²) in [7, 11) is 1.80. The van der Waals surface area contributed by atoms with E-state index in [2.05, 4.69) is 10.2 Å². The van der Waals surface area contributed by atoms with Crippen LogP contribution >= 0.6 is 11.6 Å². The minimum absolute atomic E-state index is 0.0143. The van der Waals surface area contributed by atoms with Crippen LogP contribution in [0.25, 0.3) is 0 Å². The maximum absolute atomic E-state index is 15.2. The van der Waals surface area contributed by atoms with Gasteiger partial charge >= 0.3 is 6.09 Å². The molecule has 3 rings (SSSR count). The number of carbonyl (C=O) groups is 1. The summed E-state index contributed by atoms with van der Waals surface area (Å²) >= 11 is 5.77. The van der Waals surface area contributed by atoms with Crippen LogP contribution in [0.1, 0.15) is 40.0 Å². The van der Waals surface area contributed by atoms with Gasteiger partial charge in [0.1, 0.15) is 11.8 Å². The van der Waals surface area contributed by atoms with Gasteiger partial charge in [-0.25, -0.2) is 9.18 Å². The van der Waals surface area contributed by atoms with E-state index < -0.39 is 23.9 Å². The zero-order valence-corrected chi connectivity index (χ0v) is 15.7. The van der Waals surface area contributed by atoms with Crippen molar-refractivity contribution in [2.75, 3.05) is 11.9 Å². The van der Waals surface area contributed by atoms with E-state index in [1.165, 1.54) is 0 Å². The number of aromatic nitrogens is 2. The van der Waals surface area contributed by atoms with Crippen molar-refractivity contribution in [3.8, 4) is 0 Å². The second-order valence-electron chi connectivity index (χ2n) is 7.76. The zero-order chi connectivity index (χ0) is 18.4. The van der Waals surface area contributed by atoms with Gasteiger partial charge in [-0.15, -0.1) is 10.2 Å². The van der Waals surface area contributed by atoms with E-state index in [-0.39, 0.29) is 12.1 Å². The Bertz CT molecular complexity index is 637. The SMILES string of the molecule is CN(c1ccc(Cl)nn1)[C@H]1C[C@@H]2CC[C@@H]([C@H]1F)N2C(=O)OC(C)(C)C. The molecule has 0 aliphatic carbocycles. The number of carbonyl (C=O) groups excluding carboxylic acids is 1. The number of alkyl halides is 1. The molecule has 0 aromatic carbocycles. The van der Waals surface area contributed by atoms with Crippen molar-refractivity contribution in [2.45, 2.75) is 69.9 Å². The van der Waals surface area contributed by atoms with E-state index in [1.54, 1.807) is 29.0 Å². The van der Waals surface area contributed by atoms with Crippen LogP contribution in [0.3, 0.4) is 0 Å². The number of hydrogen-bond donors (Lipinski definition) is 0. The fourth-order valence-corrected chi connectivity index (χ4v) is 3.86. The number of halogens is 2. The van der Waals surface area contributed by atoms with Gasteiger partial charge in [0.15, 0.2) is 11.0 Å². The standard InChI is InChI=1S/C17H24ClFN4O2/c1-17(2,3)25-16(24)23-10-5-6-11(23)15(19)12(9-10)22(4)14-8-7-13(18)20-21-14/h7-8,10-12,15H,5-6,9H2,1-4H3/t10-,11-,12-,15+/m0/s1. The van der Waals surface area contributed by atoms with E-state index in [9.17, 15) is 4.79 Å². The molecule has 0 unspecified atom stereocenters. The Morgan fingerprint density at radius 1 is 1.36 bits per heavy atom. The van der Waals surface area contributed by atoms with Crippen LogP contribution in [-0.2, 0) is 4.74 Å². The first-order chi connectivity index (χ1) is 11.7. The van der Waals surface area contributed by atoms with Gasteiger partial charge in [0.25, 0.3) is 0 Å². The first kappa shape index (κ1) is 18.2. The molecule has 2 bridgehead atoms.